The topological polar surface area (TPSA) is 54.0 Å². The van der Waals surface area contributed by atoms with Gasteiger partial charge < -0.3 is 9.16 Å². The number of fused-ring (bicyclic) bond motifs is 1. The molecule has 1 heterocycles. The van der Waals surface area contributed by atoms with Gasteiger partial charge in [0, 0.05) is 12.5 Å². The number of rotatable bonds is 6. The van der Waals surface area contributed by atoms with E-state index in [-0.39, 0.29) is 34.9 Å². The van der Waals surface area contributed by atoms with Gasteiger partial charge in [-0.05, 0) is 42.6 Å². The Morgan fingerprint density at radius 1 is 0.909 bits per heavy atom. The summed E-state index contributed by atoms with van der Waals surface area (Å²) >= 11 is -1.70. The second-order valence-electron chi connectivity index (χ2n) is 11.1. The molecule has 180 valence electrons. The summed E-state index contributed by atoms with van der Waals surface area (Å²) in [7, 11) is -2.65. The van der Waals surface area contributed by atoms with Crippen molar-refractivity contribution < 1.29 is 21.7 Å². The second-order valence-corrected chi connectivity index (χ2v) is 16.2. The molecule has 0 amide bonds. The molecule has 0 N–H and O–H groups in total. The van der Waals surface area contributed by atoms with Crippen LogP contribution in [0.15, 0.2) is 60.7 Å². The van der Waals surface area contributed by atoms with E-state index in [4.69, 9.17) is 17.5 Å². The molecule has 0 aromatic heterocycles. The minimum Gasteiger partial charge on any atom is -0.407 e. The zero-order chi connectivity index (χ0) is 23.9. The number of benzene rings is 2. The monoisotopic (exact) mass is 488 g/mol. The van der Waals surface area contributed by atoms with E-state index < -0.39 is 19.7 Å². The van der Waals surface area contributed by atoms with Crippen LogP contribution in [0.25, 0.3) is 0 Å². The minimum absolute atomic E-state index is 0.0816. The van der Waals surface area contributed by atoms with E-state index in [1.807, 2.05) is 20.8 Å². The van der Waals surface area contributed by atoms with Gasteiger partial charge in [0.25, 0.3) is 8.32 Å². The van der Waals surface area contributed by atoms with Crippen LogP contribution in [0.4, 0.5) is 0 Å². The second kappa shape index (κ2) is 9.36. The summed E-state index contributed by atoms with van der Waals surface area (Å²) in [6.07, 6.45) is -0.0987. The Bertz CT molecular complexity index is 915. The van der Waals surface area contributed by atoms with E-state index >= 15 is 0 Å². The molecule has 1 aliphatic carbocycles. The van der Waals surface area contributed by atoms with Gasteiger partial charge in [-0.25, -0.2) is 0 Å². The lowest BCUT2D eigenvalue weighted by atomic mass is 10.1. The lowest BCUT2D eigenvalue weighted by Gasteiger charge is -2.44. The SMILES string of the molecule is CC(C)(C)O[C@@H]1[C@H](CO[Si](c2ccccc2)(c2ccccc2)C(C)(C)C)C[C@@H]2OS(=O)O[C@H]12. The highest BCUT2D eigenvalue weighted by molar-refractivity contribution is 7.75. The van der Waals surface area contributed by atoms with Crippen molar-refractivity contribution in [1.82, 2.24) is 0 Å². The van der Waals surface area contributed by atoms with Crippen LogP contribution < -0.4 is 10.4 Å². The van der Waals surface area contributed by atoms with Gasteiger partial charge in [0.15, 0.2) is 0 Å². The fourth-order valence-corrected chi connectivity index (χ4v) is 10.7. The van der Waals surface area contributed by atoms with Crippen molar-refractivity contribution in [3.05, 3.63) is 60.7 Å². The van der Waals surface area contributed by atoms with Crippen LogP contribution in [0, 0.1) is 5.92 Å². The molecule has 5 atom stereocenters. The molecule has 33 heavy (non-hydrogen) atoms. The van der Waals surface area contributed by atoms with Gasteiger partial charge in [-0.15, -0.1) is 0 Å². The lowest BCUT2D eigenvalue weighted by Crippen LogP contribution is -2.67. The highest BCUT2D eigenvalue weighted by Gasteiger charge is 2.55. The van der Waals surface area contributed by atoms with Gasteiger partial charge in [0.1, 0.15) is 12.2 Å². The summed E-state index contributed by atoms with van der Waals surface area (Å²) in [6.45, 7) is 13.5. The molecule has 0 bridgehead atoms. The van der Waals surface area contributed by atoms with Crippen molar-refractivity contribution in [3.8, 4) is 0 Å². The van der Waals surface area contributed by atoms with Crippen LogP contribution in [-0.2, 0) is 28.9 Å². The van der Waals surface area contributed by atoms with Gasteiger partial charge in [0.2, 0.25) is 0 Å². The van der Waals surface area contributed by atoms with E-state index in [9.17, 15) is 4.21 Å². The zero-order valence-electron chi connectivity index (χ0n) is 20.4. The molecular weight excluding hydrogens is 452 g/mol. The molecule has 4 rings (SSSR count). The van der Waals surface area contributed by atoms with E-state index in [0.29, 0.717) is 13.0 Å². The summed E-state index contributed by atoms with van der Waals surface area (Å²) in [5.74, 6) is 0.0816. The summed E-state index contributed by atoms with van der Waals surface area (Å²) in [4.78, 5) is 0. The number of hydrogen-bond donors (Lipinski definition) is 0. The third-order valence-electron chi connectivity index (χ3n) is 6.50. The first-order valence-electron chi connectivity index (χ1n) is 11.7. The molecule has 1 unspecified atom stereocenters. The molecule has 2 aromatic carbocycles. The van der Waals surface area contributed by atoms with Crippen molar-refractivity contribution in [2.24, 2.45) is 5.92 Å². The maximum absolute atomic E-state index is 11.9. The zero-order valence-corrected chi connectivity index (χ0v) is 22.3. The quantitative estimate of drug-likeness (QED) is 0.573. The molecule has 1 aliphatic heterocycles. The van der Waals surface area contributed by atoms with Crippen LogP contribution in [0.2, 0.25) is 5.04 Å². The van der Waals surface area contributed by atoms with Crippen LogP contribution in [0.3, 0.4) is 0 Å². The normalized spacial score (nSPS) is 28.1. The van der Waals surface area contributed by atoms with Gasteiger partial charge in [-0.1, -0.05) is 81.4 Å². The summed E-state index contributed by atoms with van der Waals surface area (Å²) in [5, 5.41) is 2.41. The van der Waals surface area contributed by atoms with Crippen molar-refractivity contribution in [2.45, 2.75) is 76.9 Å². The Kier molecular flexibility index (Phi) is 7.02. The van der Waals surface area contributed by atoms with Gasteiger partial charge in [-0.2, -0.15) is 4.21 Å². The molecule has 2 aliphatic rings. The Labute approximate surface area is 201 Å². The Morgan fingerprint density at radius 3 is 1.94 bits per heavy atom. The molecule has 7 heteroatoms. The van der Waals surface area contributed by atoms with E-state index in [2.05, 4.69) is 81.4 Å². The summed E-state index contributed by atoms with van der Waals surface area (Å²) in [6, 6.07) is 21.3. The van der Waals surface area contributed by atoms with Crippen LogP contribution >= 0.6 is 0 Å². The summed E-state index contributed by atoms with van der Waals surface area (Å²) < 4.78 is 36.6. The minimum atomic E-state index is -2.65. The van der Waals surface area contributed by atoms with Gasteiger partial charge >= 0.3 is 11.4 Å². The number of ether oxygens (including phenoxy) is 1. The van der Waals surface area contributed by atoms with Crippen molar-refractivity contribution in [1.29, 1.82) is 0 Å². The van der Waals surface area contributed by atoms with Gasteiger partial charge in [0.05, 0.1) is 11.7 Å². The molecule has 0 spiro atoms. The Hall–Kier alpha value is -1.35. The van der Waals surface area contributed by atoms with Crippen molar-refractivity contribution in [2.75, 3.05) is 6.61 Å². The predicted octanol–water partition coefficient (Wildman–Crippen LogP) is 4.13. The highest BCUT2D eigenvalue weighted by Crippen LogP contribution is 2.42. The van der Waals surface area contributed by atoms with Crippen molar-refractivity contribution >= 4 is 30.1 Å². The fraction of sp³-hybridized carbons (Fsp3) is 0.538. The maximum Gasteiger partial charge on any atom is 0.305 e. The Balaban J connectivity index is 1.69. The Morgan fingerprint density at radius 2 is 1.45 bits per heavy atom. The molecule has 1 saturated carbocycles. The van der Waals surface area contributed by atoms with Crippen LogP contribution in [-0.4, -0.2) is 43.0 Å². The smallest absolute Gasteiger partial charge is 0.305 e. The van der Waals surface area contributed by atoms with E-state index in [1.54, 1.807) is 0 Å². The highest BCUT2D eigenvalue weighted by atomic mass is 32.2. The molecule has 1 saturated heterocycles. The molecule has 0 radical (unpaired) electrons. The molecule has 2 fully saturated rings. The molecule has 2 aromatic rings. The standard InChI is InChI=1S/C26H36O5SSi/c1-25(2,3)29-23-19(17-22-24(23)31-32(27)30-22)18-28-33(26(4,5)6,20-13-9-7-10-14-20)21-15-11-8-12-16-21/h7-16,19,22-24H,17-18H2,1-6H3/t19-,22-,23+,24-,32?/m0/s1. The average Bonchev–Trinajstić information content (AvgIpc) is 3.25. The average molecular weight is 489 g/mol. The first-order chi connectivity index (χ1) is 15.5. The first-order valence-corrected chi connectivity index (χ1v) is 14.6. The summed E-state index contributed by atoms with van der Waals surface area (Å²) in [5.41, 5.74) is -0.358. The fourth-order valence-electron chi connectivity index (χ4n) is 5.20. The van der Waals surface area contributed by atoms with Crippen LogP contribution in [0.1, 0.15) is 48.0 Å². The third-order valence-corrected chi connectivity index (χ3v) is 12.3. The van der Waals surface area contributed by atoms with Gasteiger partial charge in [-0.3, -0.25) is 8.37 Å². The molecular formula is C26H36O5SSi. The van der Waals surface area contributed by atoms with Crippen molar-refractivity contribution in [3.63, 3.8) is 0 Å². The first kappa shape index (κ1) is 24.8. The van der Waals surface area contributed by atoms with E-state index in [1.165, 1.54) is 10.4 Å². The number of hydrogen-bond acceptors (Lipinski definition) is 5. The van der Waals surface area contributed by atoms with E-state index in [0.717, 1.165) is 0 Å². The third kappa shape index (κ3) is 5.04. The molecule has 5 nitrogen and oxygen atoms in total. The maximum atomic E-state index is 11.9. The predicted molar refractivity (Wildman–Crippen MR) is 134 cm³/mol. The largest absolute Gasteiger partial charge is 0.407 e. The van der Waals surface area contributed by atoms with Crippen LogP contribution in [0.5, 0.6) is 0 Å². The lowest BCUT2D eigenvalue weighted by molar-refractivity contribution is -0.112.